The molecule has 0 saturated carbocycles. The number of carbonyl (C=O) groups is 1. The zero-order valence-corrected chi connectivity index (χ0v) is 18.1. The van der Waals surface area contributed by atoms with Gasteiger partial charge in [-0.1, -0.05) is 34.8 Å². The first kappa shape index (κ1) is 21.8. The van der Waals surface area contributed by atoms with Crippen LogP contribution in [0, 0.1) is 24.0 Å². The van der Waals surface area contributed by atoms with E-state index in [0.717, 1.165) is 28.7 Å². The average molecular weight is 466 g/mol. The SMILES string of the molecule is Cc1cc(/C=N\NC(=O)c2ccc(Cl)c([N+](=O)[O-])c2)c(C)n1-c1cc(Cl)cc(Cl)c1. The summed E-state index contributed by atoms with van der Waals surface area (Å²) in [7, 11) is 0. The second kappa shape index (κ2) is 8.87. The van der Waals surface area contributed by atoms with E-state index in [1.54, 1.807) is 18.2 Å². The highest BCUT2D eigenvalue weighted by Crippen LogP contribution is 2.26. The van der Waals surface area contributed by atoms with Gasteiger partial charge < -0.3 is 4.57 Å². The van der Waals surface area contributed by atoms with Crippen molar-refractivity contribution in [2.24, 2.45) is 5.10 Å². The van der Waals surface area contributed by atoms with Crippen molar-refractivity contribution in [2.75, 3.05) is 0 Å². The zero-order chi connectivity index (χ0) is 22.0. The molecule has 30 heavy (non-hydrogen) atoms. The Morgan fingerprint density at radius 3 is 2.40 bits per heavy atom. The lowest BCUT2D eigenvalue weighted by Crippen LogP contribution is -2.17. The number of aryl methyl sites for hydroxylation is 1. The van der Waals surface area contributed by atoms with E-state index >= 15 is 0 Å². The number of nitro benzene ring substituents is 1. The molecule has 1 aromatic heterocycles. The van der Waals surface area contributed by atoms with Crippen LogP contribution in [0.2, 0.25) is 15.1 Å². The molecule has 3 aromatic rings. The van der Waals surface area contributed by atoms with Crippen molar-refractivity contribution in [1.82, 2.24) is 9.99 Å². The molecule has 0 radical (unpaired) electrons. The van der Waals surface area contributed by atoms with E-state index in [1.807, 2.05) is 24.5 Å². The number of carbonyl (C=O) groups excluding carboxylic acids is 1. The van der Waals surface area contributed by atoms with Gasteiger partial charge in [0.1, 0.15) is 5.02 Å². The van der Waals surface area contributed by atoms with Gasteiger partial charge >= 0.3 is 0 Å². The maximum Gasteiger partial charge on any atom is 0.288 e. The number of hydrogen-bond donors (Lipinski definition) is 1. The molecular weight excluding hydrogens is 451 g/mol. The van der Waals surface area contributed by atoms with Crippen LogP contribution in [0.25, 0.3) is 5.69 Å². The molecule has 0 spiro atoms. The summed E-state index contributed by atoms with van der Waals surface area (Å²) < 4.78 is 1.96. The molecule has 3 rings (SSSR count). The summed E-state index contributed by atoms with van der Waals surface area (Å²) in [5.41, 5.74) is 5.45. The second-order valence-corrected chi connectivity index (χ2v) is 7.69. The molecule has 0 fully saturated rings. The predicted molar refractivity (Wildman–Crippen MR) is 118 cm³/mol. The Morgan fingerprint density at radius 1 is 1.10 bits per heavy atom. The van der Waals surface area contributed by atoms with Crippen molar-refractivity contribution in [3.05, 3.63) is 90.2 Å². The molecule has 154 valence electrons. The van der Waals surface area contributed by atoms with E-state index in [1.165, 1.54) is 18.3 Å². The van der Waals surface area contributed by atoms with Crippen molar-refractivity contribution < 1.29 is 9.72 Å². The molecule has 0 saturated heterocycles. The number of benzene rings is 2. The normalized spacial score (nSPS) is 11.1. The minimum atomic E-state index is -0.653. The number of nitrogens with one attached hydrogen (secondary N) is 1. The van der Waals surface area contributed by atoms with E-state index < -0.39 is 10.8 Å². The van der Waals surface area contributed by atoms with E-state index in [0.29, 0.717) is 10.0 Å². The molecule has 0 atom stereocenters. The van der Waals surface area contributed by atoms with Crippen LogP contribution < -0.4 is 5.43 Å². The average Bonchev–Trinajstić information content (AvgIpc) is 2.94. The Bertz CT molecular complexity index is 1170. The Balaban J connectivity index is 1.81. The summed E-state index contributed by atoms with van der Waals surface area (Å²) in [4.78, 5) is 22.6. The summed E-state index contributed by atoms with van der Waals surface area (Å²) in [5.74, 6) is -0.596. The quantitative estimate of drug-likeness (QED) is 0.296. The lowest BCUT2D eigenvalue weighted by atomic mass is 10.2. The monoisotopic (exact) mass is 464 g/mol. The van der Waals surface area contributed by atoms with Gasteiger partial charge in [-0.2, -0.15) is 5.10 Å². The Labute approximate surface area is 187 Å². The fourth-order valence-electron chi connectivity index (χ4n) is 3.00. The van der Waals surface area contributed by atoms with Gasteiger partial charge in [0, 0.05) is 44.3 Å². The number of nitrogens with zero attached hydrogens (tertiary/aromatic N) is 3. The predicted octanol–water partition coefficient (Wildman–Crippen LogP) is 5.73. The van der Waals surface area contributed by atoms with Crippen LogP contribution in [-0.2, 0) is 0 Å². The summed E-state index contributed by atoms with van der Waals surface area (Å²) in [6.45, 7) is 3.82. The standard InChI is InChI=1S/C20H15Cl3N4O3/c1-11-5-14(12(2)26(11)17-8-15(21)7-16(22)9-17)10-24-25-20(28)13-3-4-18(23)19(6-13)27(29)30/h3-10H,1-2H3,(H,25,28)/b24-10-. The van der Waals surface area contributed by atoms with Gasteiger partial charge in [-0.05, 0) is 50.2 Å². The van der Waals surface area contributed by atoms with Crippen molar-refractivity contribution in [3.8, 4) is 5.69 Å². The first-order chi connectivity index (χ1) is 14.2. The minimum absolute atomic E-state index is 0.0476. The van der Waals surface area contributed by atoms with Crippen LogP contribution in [0.4, 0.5) is 5.69 Å². The number of halogens is 3. The maximum absolute atomic E-state index is 12.2. The van der Waals surface area contributed by atoms with Crippen LogP contribution in [0.15, 0.2) is 47.6 Å². The molecule has 1 heterocycles. The molecular formula is C20H15Cl3N4O3. The number of amides is 1. The van der Waals surface area contributed by atoms with E-state index in [2.05, 4.69) is 10.5 Å². The van der Waals surface area contributed by atoms with Gasteiger partial charge in [0.2, 0.25) is 0 Å². The van der Waals surface area contributed by atoms with Gasteiger partial charge in [0.05, 0.1) is 11.1 Å². The third-order valence-corrected chi connectivity index (χ3v) is 5.11. The molecule has 2 aromatic carbocycles. The highest BCUT2D eigenvalue weighted by molar-refractivity contribution is 6.35. The Kier molecular flexibility index (Phi) is 6.45. The third-order valence-electron chi connectivity index (χ3n) is 4.35. The summed E-state index contributed by atoms with van der Waals surface area (Å²) >= 11 is 18.0. The highest BCUT2D eigenvalue weighted by atomic mass is 35.5. The van der Waals surface area contributed by atoms with Gasteiger partial charge in [0.25, 0.3) is 11.6 Å². The second-order valence-electron chi connectivity index (χ2n) is 6.41. The van der Waals surface area contributed by atoms with Crippen LogP contribution in [0.3, 0.4) is 0 Å². The number of nitro groups is 1. The van der Waals surface area contributed by atoms with Crippen LogP contribution in [0.1, 0.15) is 27.3 Å². The van der Waals surface area contributed by atoms with E-state index in [9.17, 15) is 14.9 Å². The summed E-state index contributed by atoms with van der Waals surface area (Å²) in [5, 5.41) is 15.9. The van der Waals surface area contributed by atoms with E-state index in [4.69, 9.17) is 34.8 Å². The Morgan fingerprint density at radius 2 is 1.77 bits per heavy atom. The van der Waals surface area contributed by atoms with Crippen LogP contribution >= 0.6 is 34.8 Å². The molecule has 0 bridgehead atoms. The third kappa shape index (κ3) is 4.64. The van der Waals surface area contributed by atoms with Gasteiger partial charge in [-0.15, -0.1) is 0 Å². The molecule has 0 aliphatic rings. The maximum atomic E-state index is 12.2. The molecule has 0 aliphatic heterocycles. The molecule has 0 unspecified atom stereocenters. The topological polar surface area (TPSA) is 89.5 Å². The van der Waals surface area contributed by atoms with Crippen LogP contribution in [-0.4, -0.2) is 21.6 Å². The van der Waals surface area contributed by atoms with Gasteiger partial charge in [0.15, 0.2) is 0 Å². The summed E-state index contributed by atoms with van der Waals surface area (Å²) in [6, 6.07) is 10.9. The smallest absolute Gasteiger partial charge is 0.288 e. The largest absolute Gasteiger partial charge is 0.318 e. The van der Waals surface area contributed by atoms with Crippen molar-refractivity contribution in [1.29, 1.82) is 0 Å². The molecule has 10 heteroatoms. The van der Waals surface area contributed by atoms with Crippen LogP contribution in [0.5, 0.6) is 0 Å². The fourth-order valence-corrected chi connectivity index (χ4v) is 3.70. The molecule has 7 nitrogen and oxygen atoms in total. The zero-order valence-electron chi connectivity index (χ0n) is 15.8. The number of rotatable bonds is 5. The minimum Gasteiger partial charge on any atom is -0.318 e. The Hall–Kier alpha value is -2.87. The first-order valence-electron chi connectivity index (χ1n) is 8.60. The van der Waals surface area contributed by atoms with Gasteiger partial charge in [-0.25, -0.2) is 5.43 Å². The molecule has 1 N–H and O–H groups in total. The number of hydrogen-bond acceptors (Lipinski definition) is 4. The fraction of sp³-hybridized carbons (Fsp3) is 0.100. The van der Waals surface area contributed by atoms with Crippen molar-refractivity contribution in [3.63, 3.8) is 0 Å². The number of aromatic nitrogens is 1. The lowest BCUT2D eigenvalue weighted by Gasteiger charge is -2.10. The summed E-state index contributed by atoms with van der Waals surface area (Å²) in [6.07, 6.45) is 1.49. The number of hydrazone groups is 1. The van der Waals surface area contributed by atoms with Gasteiger partial charge in [-0.3, -0.25) is 14.9 Å². The molecule has 1 amide bonds. The van der Waals surface area contributed by atoms with Crippen molar-refractivity contribution in [2.45, 2.75) is 13.8 Å². The van der Waals surface area contributed by atoms with Crippen molar-refractivity contribution >= 4 is 52.6 Å². The first-order valence-corrected chi connectivity index (χ1v) is 9.73. The lowest BCUT2D eigenvalue weighted by molar-refractivity contribution is -0.384. The van der Waals surface area contributed by atoms with E-state index in [-0.39, 0.29) is 16.3 Å². The molecule has 0 aliphatic carbocycles. The highest BCUT2D eigenvalue weighted by Gasteiger charge is 2.16.